The summed E-state index contributed by atoms with van der Waals surface area (Å²) in [5.74, 6) is -0.0225. The minimum absolute atomic E-state index is 0.0225. The number of pyridine rings is 1. The molecule has 2 aromatic rings. The minimum atomic E-state index is -0.0225. The number of aromatic nitrogens is 3. The number of rotatable bonds is 2. The van der Waals surface area contributed by atoms with Gasteiger partial charge in [-0.05, 0) is 12.1 Å². The van der Waals surface area contributed by atoms with Gasteiger partial charge in [-0.3, -0.25) is 9.78 Å². The Morgan fingerprint density at radius 1 is 1.44 bits per heavy atom. The monoisotopic (exact) mass is 216 g/mol. The zero-order valence-corrected chi connectivity index (χ0v) is 9.16. The Labute approximate surface area is 93.3 Å². The molecule has 0 fully saturated rings. The van der Waals surface area contributed by atoms with E-state index in [1.165, 1.54) is 6.92 Å². The molecule has 1 amide bonds. The largest absolute Gasteiger partial charge is 0.313 e. The van der Waals surface area contributed by atoms with Crippen molar-refractivity contribution in [1.29, 1.82) is 0 Å². The molecule has 0 aliphatic carbocycles. The lowest BCUT2D eigenvalue weighted by atomic mass is 10.4. The molecular weight excluding hydrogens is 204 g/mol. The molecule has 16 heavy (non-hydrogen) atoms. The molecule has 0 aromatic carbocycles. The van der Waals surface area contributed by atoms with Crippen molar-refractivity contribution in [2.75, 3.05) is 11.9 Å². The van der Waals surface area contributed by atoms with Gasteiger partial charge in [0.25, 0.3) is 0 Å². The number of hydrogen-bond acceptors (Lipinski definition) is 3. The van der Waals surface area contributed by atoms with E-state index in [-0.39, 0.29) is 5.91 Å². The smallest absolute Gasteiger partial charge is 0.223 e. The van der Waals surface area contributed by atoms with Crippen molar-refractivity contribution < 1.29 is 4.79 Å². The Morgan fingerprint density at radius 3 is 2.88 bits per heavy atom. The molecule has 0 saturated carbocycles. The van der Waals surface area contributed by atoms with Gasteiger partial charge >= 0.3 is 0 Å². The Morgan fingerprint density at radius 2 is 2.25 bits per heavy atom. The first-order chi connectivity index (χ1) is 7.68. The summed E-state index contributed by atoms with van der Waals surface area (Å²) in [7, 11) is 1.72. The third-order valence-electron chi connectivity index (χ3n) is 2.34. The highest BCUT2D eigenvalue weighted by molar-refractivity contribution is 5.90. The molecule has 0 bridgehead atoms. The Hall–Kier alpha value is -2.17. The lowest BCUT2D eigenvalue weighted by Crippen LogP contribution is -2.22. The van der Waals surface area contributed by atoms with E-state index < -0.39 is 0 Å². The van der Waals surface area contributed by atoms with Crippen LogP contribution in [0.1, 0.15) is 6.92 Å². The van der Waals surface area contributed by atoms with Crippen molar-refractivity contribution >= 4 is 11.6 Å². The Bertz CT molecular complexity index is 492. The van der Waals surface area contributed by atoms with Gasteiger partial charge < -0.3 is 4.90 Å². The highest BCUT2D eigenvalue weighted by Crippen LogP contribution is 2.13. The highest BCUT2D eigenvalue weighted by Gasteiger charge is 2.08. The maximum Gasteiger partial charge on any atom is 0.223 e. The molecule has 2 aromatic heterocycles. The molecule has 5 heteroatoms. The van der Waals surface area contributed by atoms with Crippen LogP contribution in [-0.4, -0.2) is 27.7 Å². The van der Waals surface area contributed by atoms with Gasteiger partial charge in [0.1, 0.15) is 0 Å². The fraction of sp³-hybridized carbons (Fsp3) is 0.182. The molecule has 5 nitrogen and oxygen atoms in total. The van der Waals surface area contributed by atoms with Crippen LogP contribution in [0.5, 0.6) is 0 Å². The van der Waals surface area contributed by atoms with Gasteiger partial charge in [0.15, 0.2) is 0 Å². The van der Waals surface area contributed by atoms with Gasteiger partial charge in [-0.25, -0.2) is 4.68 Å². The van der Waals surface area contributed by atoms with Crippen LogP contribution in [0.25, 0.3) is 5.69 Å². The number of hydrogen-bond donors (Lipinski definition) is 0. The lowest BCUT2D eigenvalue weighted by molar-refractivity contribution is -0.116. The zero-order valence-electron chi connectivity index (χ0n) is 9.16. The van der Waals surface area contributed by atoms with Crippen LogP contribution in [0.4, 0.5) is 5.69 Å². The first kappa shape index (κ1) is 10.4. The molecule has 0 aliphatic rings. The van der Waals surface area contributed by atoms with Gasteiger partial charge in [0.05, 0.1) is 30.0 Å². The van der Waals surface area contributed by atoms with E-state index in [9.17, 15) is 4.79 Å². The van der Waals surface area contributed by atoms with Crippen molar-refractivity contribution in [2.45, 2.75) is 6.92 Å². The second-order valence-corrected chi connectivity index (χ2v) is 3.43. The predicted molar refractivity (Wildman–Crippen MR) is 60.4 cm³/mol. The maximum absolute atomic E-state index is 11.2. The average Bonchev–Trinajstić information content (AvgIpc) is 2.78. The lowest BCUT2D eigenvalue weighted by Gasteiger charge is -2.10. The third-order valence-corrected chi connectivity index (χ3v) is 2.34. The second kappa shape index (κ2) is 4.14. The van der Waals surface area contributed by atoms with Crippen molar-refractivity contribution in [3.8, 4) is 5.69 Å². The van der Waals surface area contributed by atoms with Gasteiger partial charge in [0.2, 0.25) is 5.91 Å². The van der Waals surface area contributed by atoms with Crippen molar-refractivity contribution in [3.63, 3.8) is 0 Å². The quantitative estimate of drug-likeness (QED) is 0.759. The molecular formula is C11H12N4O. The van der Waals surface area contributed by atoms with Crippen LogP contribution in [0, 0.1) is 0 Å². The van der Waals surface area contributed by atoms with E-state index in [1.54, 1.807) is 41.4 Å². The standard InChI is InChI=1S/C11H12N4O/c1-9(16)14(2)11-7-13-15(8-11)10-4-3-5-12-6-10/h3-8H,1-2H3. The van der Waals surface area contributed by atoms with E-state index in [0.717, 1.165) is 11.4 Å². The van der Waals surface area contributed by atoms with Crippen LogP contribution >= 0.6 is 0 Å². The summed E-state index contributed by atoms with van der Waals surface area (Å²) in [4.78, 5) is 16.7. The molecule has 0 unspecified atom stereocenters. The summed E-state index contributed by atoms with van der Waals surface area (Å²) in [6.07, 6.45) is 6.85. The molecule has 0 spiro atoms. The zero-order chi connectivity index (χ0) is 11.5. The molecule has 2 rings (SSSR count). The van der Waals surface area contributed by atoms with E-state index in [1.807, 2.05) is 12.1 Å². The van der Waals surface area contributed by atoms with Gasteiger partial charge in [0, 0.05) is 20.2 Å². The predicted octanol–water partition coefficient (Wildman–Crippen LogP) is 1.25. The minimum Gasteiger partial charge on any atom is -0.313 e. The third kappa shape index (κ3) is 1.93. The number of amides is 1. The Kier molecular flexibility index (Phi) is 2.68. The van der Waals surface area contributed by atoms with Crippen LogP contribution in [0.3, 0.4) is 0 Å². The van der Waals surface area contributed by atoms with Crippen LogP contribution in [0.15, 0.2) is 36.9 Å². The molecule has 0 radical (unpaired) electrons. The molecule has 0 saturated heterocycles. The van der Waals surface area contributed by atoms with Gasteiger partial charge in [-0.15, -0.1) is 0 Å². The molecule has 2 heterocycles. The van der Waals surface area contributed by atoms with E-state index >= 15 is 0 Å². The van der Waals surface area contributed by atoms with Crippen LogP contribution in [-0.2, 0) is 4.79 Å². The number of nitrogens with zero attached hydrogens (tertiary/aromatic N) is 4. The molecule has 0 N–H and O–H groups in total. The molecule has 0 aliphatic heterocycles. The fourth-order valence-corrected chi connectivity index (χ4v) is 1.30. The summed E-state index contributed by atoms with van der Waals surface area (Å²) >= 11 is 0. The molecule has 82 valence electrons. The maximum atomic E-state index is 11.2. The average molecular weight is 216 g/mol. The summed E-state index contributed by atoms with van der Waals surface area (Å²) in [5.41, 5.74) is 1.63. The summed E-state index contributed by atoms with van der Waals surface area (Å²) < 4.78 is 1.68. The molecule has 0 atom stereocenters. The number of anilines is 1. The second-order valence-electron chi connectivity index (χ2n) is 3.43. The summed E-state index contributed by atoms with van der Waals surface area (Å²) in [6, 6.07) is 3.74. The van der Waals surface area contributed by atoms with Gasteiger partial charge in [-0.2, -0.15) is 5.10 Å². The van der Waals surface area contributed by atoms with E-state index in [2.05, 4.69) is 10.1 Å². The van der Waals surface area contributed by atoms with Crippen molar-refractivity contribution in [1.82, 2.24) is 14.8 Å². The first-order valence-corrected chi connectivity index (χ1v) is 4.88. The normalized spacial score (nSPS) is 10.1. The SMILES string of the molecule is CC(=O)N(C)c1cnn(-c2cccnc2)c1. The summed E-state index contributed by atoms with van der Waals surface area (Å²) in [6.45, 7) is 1.52. The Balaban J connectivity index is 2.30. The highest BCUT2D eigenvalue weighted by atomic mass is 16.2. The van der Waals surface area contributed by atoms with Crippen molar-refractivity contribution in [3.05, 3.63) is 36.9 Å². The van der Waals surface area contributed by atoms with E-state index in [4.69, 9.17) is 0 Å². The van der Waals surface area contributed by atoms with E-state index in [0.29, 0.717) is 0 Å². The van der Waals surface area contributed by atoms with Crippen molar-refractivity contribution in [2.24, 2.45) is 0 Å². The fourth-order valence-electron chi connectivity index (χ4n) is 1.30. The first-order valence-electron chi connectivity index (χ1n) is 4.88. The topological polar surface area (TPSA) is 51.0 Å². The number of carbonyl (C=O) groups excluding carboxylic acids is 1. The van der Waals surface area contributed by atoms with Crippen LogP contribution in [0.2, 0.25) is 0 Å². The van der Waals surface area contributed by atoms with Crippen LogP contribution < -0.4 is 4.90 Å². The van der Waals surface area contributed by atoms with Gasteiger partial charge in [-0.1, -0.05) is 0 Å². The summed E-state index contributed by atoms with van der Waals surface area (Å²) in [5, 5.41) is 4.17. The number of carbonyl (C=O) groups is 1.